The van der Waals surface area contributed by atoms with Crippen molar-refractivity contribution in [3.8, 4) is 0 Å². The van der Waals surface area contributed by atoms with E-state index >= 15 is 0 Å². The van der Waals surface area contributed by atoms with Crippen LogP contribution in [0.4, 0.5) is 0 Å². The molecule has 2 nitrogen and oxygen atoms in total. The van der Waals surface area contributed by atoms with E-state index in [9.17, 15) is 10.2 Å². The van der Waals surface area contributed by atoms with Crippen LogP contribution in [0.15, 0.2) is 0 Å². The summed E-state index contributed by atoms with van der Waals surface area (Å²) in [5, 5.41) is 17.6. The average Bonchev–Trinajstić information content (AvgIpc) is 2.36. The number of hydrogen-bond acceptors (Lipinski definition) is 2. The van der Waals surface area contributed by atoms with Crippen molar-refractivity contribution in [2.45, 2.75) is 61.1 Å². The zero-order chi connectivity index (χ0) is 17.2. The highest BCUT2D eigenvalue weighted by atomic mass is 35.5. The molecule has 0 aromatic heterocycles. The van der Waals surface area contributed by atoms with Crippen LogP contribution in [0.1, 0.15) is 32.1 Å². The summed E-state index contributed by atoms with van der Waals surface area (Å²) in [5.74, 6) is -0.255. The van der Waals surface area contributed by atoms with Gasteiger partial charge in [0.1, 0.15) is 0 Å². The lowest BCUT2D eigenvalue weighted by Crippen LogP contribution is -2.74. The molecule has 2 rings (SSSR count). The van der Waals surface area contributed by atoms with Crippen LogP contribution in [-0.4, -0.2) is 39.3 Å². The average molecular weight is 474 g/mol. The van der Waals surface area contributed by atoms with Gasteiger partial charge in [0, 0.05) is 6.42 Å². The van der Waals surface area contributed by atoms with E-state index in [0.717, 1.165) is 0 Å². The Balaban J connectivity index is 2.47. The van der Waals surface area contributed by atoms with E-state index in [1.54, 1.807) is 0 Å². The second-order valence-corrected chi connectivity index (χ2v) is 11.4. The van der Waals surface area contributed by atoms with Crippen LogP contribution < -0.4 is 0 Å². The first-order valence-corrected chi connectivity index (χ1v) is 9.65. The molecule has 130 valence electrons. The van der Waals surface area contributed by atoms with E-state index in [4.69, 9.17) is 92.8 Å². The van der Waals surface area contributed by atoms with Gasteiger partial charge < -0.3 is 10.2 Å². The highest BCUT2D eigenvalue weighted by Crippen LogP contribution is 2.71. The molecule has 0 spiro atoms. The van der Waals surface area contributed by atoms with E-state index in [1.807, 2.05) is 0 Å². The van der Waals surface area contributed by atoms with Gasteiger partial charge in [-0.15, -0.1) is 11.6 Å². The number of aliphatic hydroxyl groups is 2. The number of hydrogen-bond donors (Lipinski definition) is 2. The van der Waals surface area contributed by atoms with Crippen molar-refractivity contribution < 1.29 is 10.2 Å². The summed E-state index contributed by atoms with van der Waals surface area (Å²) in [7, 11) is 0. The fourth-order valence-electron chi connectivity index (χ4n) is 3.18. The van der Waals surface area contributed by atoms with E-state index in [1.165, 1.54) is 0 Å². The molecule has 0 aromatic rings. The first kappa shape index (κ1) is 20.6. The molecule has 0 heterocycles. The van der Waals surface area contributed by atoms with Crippen LogP contribution in [0.3, 0.4) is 0 Å². The molecular formula is C12H14Cl8O2. The molecule has 0 aliphatic heterocycles. The van der Waals surface area contributed by atoms with Gasteiger partial charge in [-0.25, -0.2) is 0 Å². The third-order valence-electron chi connectivity index (χ3n) is 4.64. The third-order valence-corrected chi connectivity index (χ3v) is 10.1. The Bertz CT molecular complexity index is 444. The Hall–Kier alpha value is 2.24. The molecular weight excluding hydrogens is 460 g/mol. The van der Waals surface area contributed by atoms with Crippen molar-refractivity contribution in [2.75, 3.05) is 0 Å². The van der Waals surface area contributed by atoms with Crippen molar-refractivity contribution in [2.24, 2.45) is 5.92 Å². The quantitative estimate of drug-likeness (QED) is 0.503. The minimum absolute atomic E-state index is 0.223. The largest absolute Gasteiger partial charge is 0.393 e. The van der Waals surface area contributed by atoms with E-state index in [2.05, 4.69) is 0 Å². The first-order valence-electron chi connectivity index (χ1n) is 6.62. The van der Waals surface area contributed by atoms with Crippen LogP contribution in [-0.2, 0) is 0 Å². The van der Waals surface area contributed by atoms with Crippen molar-refractivity contribution in [3.05, 3.63) is 0 Å². The molecule has 2 fully saturated rings. The van der Waals surface area contributed by atoms with Gasteiger partial charge in [0.25, 0.3) is 0 Å². The van der Waals surface area contributed by atoms with Gasteiger partial charge in [0.05, 0.1) is 11.0 Å². The Labute approximate surface area is 169 Å². The van der Waals surface area contributed by atoms with Crippen LogP contribution in [0.25, 0.3) is 0 Å². The van der Waals surface area contributed by atoms with Crippen molar-refractivity contribution in [1.82, 2.24) is 0 Å². The normalized spacial score (nSPS) is 47.2. The Morgan fingerprint density at radius 2 is 1.18 bits per heavy atom. The minimum atomic E-state index is -2.51. The van der Waals surface area contributed by atoms with Crippen molar-refractivity contribution in [3.63, 3.8) is 0 Å². The Morgan fingerprint density at radius 1 is 0.727 bits per heavy atom. The minimum Gasteiger partial charge on any atom is -0.393 e. The van der Waals surface area contributed by atoms with Gasteiger partial charge in [-0.05, 0) is 31.6 Å². The second-order valence-electron chi connectivity index (χ2n) is 6.02. The third kappa shape index (κ3) is 2.76. The maximum absolute atomic E-state index is 10.4. The van der Waals surface area contributed by atoms with E-state index in [-0.39, 0.29) is 12.3 Å². The smallest absolute Gasteiger partial charge is 0.208 e. The monoisotopic (exact) mass is 470 g/mol. The lowest BCUT2D eigenvalue weighted by molar-refractivity contribution is 0.0227. The van der Waals surface area contributed by atoms with Crippen LogP contribution in [0.2, 0.25) is 0 Å². The van der Waals surface area contributed by atoms with Gasteiger partial charge in [0.2, 0.25) is 5.06 Å². The molecule has 0 bridgehead atoms. The van der Waals surface area contributed by atoms with Crippen molar-refractivity contribution >= 4 is 92.8 Å². The molecule has 22 heavy (non-hydrogen) atoms. The van der Waals surface area contributed by atoms with Crippen LogP contribution in [0, 0.1) is 5.92 Å². The molecule has 2 atom stereocenters. The summed E-state index contributed by atoms with van der Waals surface area (Å²) in [5.41, 5.74) is 0. The fraction of sp³-hybridized carbons (Fsp3) is 1.00. The molecule has 0 amide bonds. The number of halogens is 8. The predicted molar refractivity (Wildman–Crippen MR) is 95.3 cm³/mol. The first-order chi connectivity index (χ1) is 9.71. The maximum Gasteiger partial charge on any atom is 0.208 e. The summed E-state index contributed by atoms with van der Waals surface area (Å²) in [4.78, 5) is -1.43. The Morgan fingerprint density at radius 3 is 1.64 bits per heavy atom. The molecule has 2 unspecified atom stereocenters. The van der Waals surface area contributed by atoms with Gasteiger partial charge >= 0.3 is 0 Å². The lowest BCUT2D eigenvalue weighted by Gasteiger charge is -2.60. The van der Waals surface area contributed by atoms with E-state index < -0.39 is 29.0 Å². The van der Waals surface area contributed by atoms with Gasteiger partial charge in [-0.3, -0.25) is 0 Å². The van der Waals surface area contributed by atoms with Crippen LogP contribution in [0.5, 0.6) is 0 Å². The molecule has 2 N–H and O–H groups in total. The fourth-order valence-corrected chi connectivity index (χ4v) is 6.56. The van der Waals surface area contributed by atoms with E-state index in [0.29, 0.717) is 25.7 Å². The number of rotatable bonds is 1. The molecule has 0 radical (unpaired) electrons. The zero-order valence-corrected chi connectivity index (χ0v) is 17.2. The van der Waals surface area contributed by atoms with Crippen molar-refractivity contribution in [1.29, 1.82) is 0 Å². The molecule has 2 aliphatic rings. The zero-order valence-electron chi connectivity index (χ0n) is 11.1. The summed E-state index contributed by atoms with van der Waals surface area (Å²) in [6, 6.07) is 0. The summed E-state index contributed by atoms with van der Waals surface area (Å²) in [6.07, 6.45) is 1.52. The topological polar surface area (TPSA) is 40.5 Å². The highest BCUT2D eigenvalue weighted by molar-refractivity contribution is 6.70. The van der Waals surface area contributed by atoms with Crippen LogP contribution >= 0.6 is 92.8 Å². The number of alkyl halides is 8. The van der Waals surface area contributed by atoms with Gasteiger partial charge in [0.15, 0.2) is 13.0 Å². The summed E-state index contributed by atoms with van der Waals surface area (Å²) >= 11 is 50.2. The van der Waals surface area contributed by atoms with Gasteiger partial charge in [-0.2, -0.15) is 0 Å². The number of aliphatic hydroxyl groups excluding tert-OH is 1. The highest BCUT2D eigenvalue weighted by Gasteiger charge is 2.80. The molecule has 0 saturated heterocycles. The predicted octanol–water partition coefficient (Wildman–Crippen LogP) is 5.37. The SMILES string of the molecule is OC1CCC(C2(Cl)CC(Cl)(Cl)C(O)(Cl)C(Cl)(Cl)C2(Cl)Cl)CC1. The second kappa shape index (κ2) is 6.15. The molecule has 2 aliphatic carbocycles. The van der Waals surface area contributed by atoms with Gasteiger partial charge in [-0.1, -0.05) is 81.2 Å². The summed E-state index contributed by atoms with van der Waals surface area (Å²) < 4.78 is -6.32. The molecule has 0 aromatic carbocycles. The summed E-state index contributed by atoms with van der Waals surface area (Å²) in [6.45, 7) is 0. The molecule has 10 heteroatoms. The molecule has 2 saturated carbocycles. The standard InChI is InChI=1S/C12H14Cl8O2/c13-8(6-1-3-7(21)4-2-6)5-9(14,15)12(20,22)11(18,19)10(8,16)17/h6-7,21-22H,1-5H2. The Kier molecular flexibility index (Phi) is 5.74. The lowest BCUT2D eigenvalue weighted by atomic mass is 9.70. The maximum atomic E-state index is 10.4.